The molecule has 3 rings (SSSR count). The molecule has 120 valence electrons. The number of ether oxygens (including phenoxy) is 1. The largest absolute Gasteiger partial charge is 0.478 e. The third kappa shape index (κ3) is 2.87. The normalized spacial score (nSPS) is 25.0. The summed E-state index contributed by atoms with van der Waals surface area (Å²) in [6.45, 7) is 2.24. The van der Waals surface area contributed by atoms with Crippen LogP contribution in [0.4, 0.5) is 0 Å². The van der Waals surface area contributed by atoms with Crippen LogP contribution >= 0.6 is 0 Å². The number of carboxylic acids is 1. The Hall–Kier alpha value is -1.85. The van der Waals surface area contributed by atoms with Gasteiger partial charge in [-0.25, -0.2) is 4.79 Å². The van der Waals surface area contributed by atoms with Crippen molar-refractivity contribution in [3.05, 3.63) is 17.5 Å². The smallest absolute Gasteiger partial charge is 0.339 e. The number of rotatable bonds is 5. The summed E-state index contributed by atoms with van der Waals surface area (Å²) in [6, 6.07) is 0.203. The topological polar surface area (TPSA) is 81.4 Å². The SMILES string of the molecule is CCOC(=O)[C@H]1CC[C@H](n2ncc(C(=O)O)c2C2CC2)CC1. The van der Waals surface area contributed by atoms with Crippen LogP contribution in [0.1, 0.15) is 73.5 Å². The zero-order chi connectivity index (χ0) is 15.7. The predicted molar refractivity (Wildman–Crippen MR) is 78.8 cm³/mol. The highest BCUT2D eigenvalue weighted by Crippen LogP contribution is 2.44. The minimum absolute atomic E-state index is 0.0184. The number of hydrogen-bond acceptors (Lipinski definition) is 4. The van der Waals surface area contributed by atoms with E-state index in [1.54, 1.807) is 0 Å². The maximum atomic E-state index is 11.8. The Morgan fingerprint density at radius 1 is 1.27 bits per heavy atom. The Labute approximate surface area is 129 Å². The lowest BCUT2D eigenvalue weighted by Crippen LogP contribution is -2.26. The summed E-state index contributed by atoms with van der Waals surface area (Å²) in [4.78, 5) is 23.1. The van der Waals surface area contributed by atoms with Crippen LogP contribution in [0.5, 0.6) is 0 Å². The zero-order valence-electron chi connectivity index (χ0n) is 12.8. The zero-order valence-corrected chi connectivity index (χ0v) is 12.8. The van der Waals surface area contributed by atoms with Crippen molar-refractivity contribution < 1.29 is 19.4 Å². The van der Waals surface area contributed by atoms with E-state index in [-0.39, 0.29) is 17.9 Å². The first-order valence-corrected chi connectivity index (χ1v) is 8.09. The van der Waals surface area contributed by atoms with Gasteiger partial charge in [0, 0.05) is 5.92 Å². The lowest BCUT2D eigenvalue weighted by Gasteiger charge is -2.28. The van der Waals surface area contributed by atoms with E-state index in [1.807, 2.05) is 11.6 Å². The van der Waals surface area contributed by atoms with E-state index in [1.165, 1.54) is 6.20 Å². The molecule has 2 saturated carbocycles. The predicted octanol–water partition coefficient (Wildman–Crippen LogP) is 2.75. The summed E-state index contributed by atoms with van der Waals surface area (Å²) in [5, 5.41) is 13.7. The summed E-state index contributed by atoms with van der Waals surface area (Å²) >= 11 is 0. The van der Waals surface area contributed by atoms with Crippen molar-refractivity contribution in [3.63, 3.8) is 0 Å². The molecule has 1 aromatic rings. The number of hydrogen-bond donors (Lipinski definition) is 1. The van der Waals surface area contributed by atoms with Gasteiger partial charge in [-0.2, -0.15) is 5.10 Å². The molecule has 2 aliphatic carbocycles. The maximum Gasteiger partial charge on any atom is 0.339 e. The molecule has 1 N–H and O–H groups in total. The number of aromatic carboxylic acids is 1. The lowest BCUT2D eigenvalue weighted by molar-refractivity contribution is -0.149. The monoisotopic (exact) mass is 306 g/mol. The van der Waals surface area contributed by atoms with Crippen molar-refractivity contribution in [1.29, 1.82) is 0 Å². The van der Waals surface area contributed by atoms with E-state index in [4.69, 9.17) is 4.74 Å². The Bertz CT molecular complexity index is 569. The van der Waals surface area contributed by atoms with Gasteiger partial charge in [0.2, 0.25) is 0 Å². The molecule has 0 aliphatic heterocycles. The maximum absolute atomic E-state index is 11.8. The second kappa shape index (κ2) is 6.10. The van der Waals surface area contributed by atoms with E-state index in [9.17, 15) is 14.7 Å². The number of carbonyl (C=O) groups is 2. The minimum Gasteiger partial charge on any atom is -0.478 e. The standard InChI is InChI=1S/C16H22N2O4/c1-2-22-16(21)11-5-7-12(8-6-11)18-14(10-3-4-10)13(9-17-18)15(19)20/h9-12H,2-8H2,1H3,(H,19,20)/t11-,12-. The van der Waals surface area contributed by atoms with Gasteiger partial charge in [0.15, 0.2) is 0 Å². The second-order valence-electron chi connectivity index (χ2n) is 6.22. The van der Waals surface area contributed by atoms with Crippen LogP contribution in [0.15, 0.2) is 6.20 Å². The molecule has 6 heteroatoms. The summed E-state index contributed by atoms with van der Waals surface area (Å²) in [7, 11) is 0. The van der Waals surface area contributed by atoms with Crippen molar-refractivity contribution in [3.8, 4) is 0 Å². The molecule has 0 atom stereocenters. The first kappa shape index (κ1) is 15.1. The Morgan fingerprint density at radius 2 is 1.95 bits per heavy atom. The van der Waals surface area contributed by atoms with E-state index in [2.05, 4.69) is 5.10 Å². The Balaban J connectivity index is 1.71. The summed E-state index contributed by atoms with van der Waals surface area (Å²) in [5.74, 6) is -0.671. The van der Waals surface area contributed by atoms with Gasteiger partial charge in [-0.3, -0.25) is 9.48 Å². The number of aromatic nitrogens is 2. The quantitative estimate of drug-likeness (QED) is 0.846. The van der Waals surface area contributed by atoms with Gasteiger partial charge in [-0.05, 0) is 45.4 Å². The molecule has 0 spiro atoms. The molecule has 6 nitrogen and oxygen atoms in total. The minimum atomic E-state index is -0.895. The number of esters is 1. The third-order valence-electron chi connectivity index (χ3n) is 4.69. The summed E-state index contributed by atoms with van der Waals surface area (Å²) in [5.41, 5.74) is 1.22. The van der Waals surface area contributed by atoms with Crippen molar-refractivity contribution >= 4 is 11.9 Å². The molecule has 0 aromatic carbocycles. The van der Waals surface area contributed by atoms with Crippen LogP contribution in [-0.2, 0) is 9.53 Å². The van der Waals surface area contributed by atoms with Crippen LogP contribution in [-0.4, -0.2) is 33.4 Å². The van der Waals surface area contributed by atoms with Crippen LogP contribution in [0, 0.1) is 5.92 Å². The average molecular weight is 306 g/mol. The Kier molecular flexibility index (Phi) is 4.18. The van der Waals surface area contributed by atoms with Gasteiger partial charge in [0.05, 0.1) is 30.5 Å². The van der Waals surface area contributed by atoms with Crippen LogP contribution in [0.2, 0.25) is 0 Å². The van der Waals surface area contributed by atoms with Crippen molar-refractivity contribution in [1.82, 2.24) is 9.78 Å². The fourth-order valence-electron chi connectivity index (χ4n) is 3.41. The first-order chi connectivity index (χ1) is 10.6. The molecular formula is C16H22N2O4. The second-order valence-corrected chi connectivity index (χ2v) is 6.22. The van der Waals surface area contributed by atoms with Crippen molar-refractivity contribution in [2.24, 2.45) is 5.92 Å². The molecule has 0 unspecified atom stereocenters. The fraction of sp³-hybridized carbons (Fsp3) is 0.688. The average Bonchev–Trinajstić information content (AvgIpc) is 3.25. The summed E-state index contributed by atoms with van der Waals surface area (Å²) in [6.07, 6.45) is 6.85. The van der Waals surface area contributed by atoms with E-state index < -0.39 is 5.97 Å². The number of carboxylic acid groups (broad SMARTS) is 1. The van der Waals surface area contributed by atoms with Gasteiger partial charge in [0.1, 0.15) is 5.56 Å². The Morgan fingerprint density at radius 3 is 2.50 bits per heavy atom. The summed E-state index contributed by atoms with van der Waals surface area (Å²) < 4.78 is 7.01. The molecule has 0 radical (unpaired) electrons. The molecule has 0 amide bonds. The van der Waals surface area contributed by atoms with Gasteiger partial charge >= 0.3 is 11.9 Å². The number of nitrogens with zero attached hydrogens (tertiary/aromatic N) is 2. The highest BCUT2D eigenvalue weighted by atomic mass is 16.5. The molecule has 1 aromatic heterocycles. The van der Waals surface area contributed by atoms with Crippen LogP contribution in [0.3, 0.4) is 0 Å². The lowest BCUT2D eigenvalue weighted by atomic mass is 9.86. The highest BCUT2D eigenvalue weighted by molar-refractivity contribution is 5.89. The molecule has 2 aliphatic rings. The molecule has 1 heterocycles. The van der Waals surface area contributed by atoms with E-state index in [0.717, 1.165) is 44.2 Å². The fourth-order valence-corrected chi connectivity index (χ4v) is 3.41. The first-order valence-electron chi connectivity index (χ1n) is 8.09. The molecule has 0 saturated heterocycles. The van der Waals surface area contributed by atoms with Crippen LogP contribution < -0.4 is 0 Å². The molecule has 0 bridgehead atoms. The van der Waals surface area contributed by atoms with Crippen molar-refractivity contribution in [2.45, 2.75) is 57.4 Å². The van der Waals surface area contributed by atoms with Gasteiger partial charge in [0.25, 0.3) is 0 Å². The highest BCUT2D eigenvalue weighted by Gasteiger charge is 2.36. The van der Waals surface area contributed by atoms with Crippen LogP contribution in [0.25, 0.3) is 0 Å². The van der Waals surface area contributed by atoms with E-state index in [0.29, 0.717) is 18.1 Å². The van der Waals surface area contributed by atoms with E-state index >= 15 is 0 Å². The number of carbonyl (C=O) groups excluding carboxylic acids is 1. The molecule has 22 heavy (non-hydrogen) atoms. The third-order valence-corrected chi connectivity index (χ3v) is 4.69. The van der Waals surface area contributed by atoms with Gasteiger partial charge in [-0.1, -0.05) is 0 Å². The van der Waals surface area contributed by atoms with Crippen molar-refractivity contribution in [2.75, 3.05) is 6.61 Å². The molecule has 2 fully saturated rings. The molecular weight excluding hydrogens is 284 g/mol. The van der Waals surface area contributed by atoms with Gasteiger partial charge in [-0.15, -0.1) is 0 Å². The van der Waals surface area contributed by atoms with Gasteiger partial charge < -0.3 is 9.84 Å².